The van der Waals surface area contributed by atoms with Gasteiger partial charge >= 0.3 is 12.0 Å². The second kappa shape index (κ2) is 7.14. The molecule has 5 heteroatoms. The van der Waals surface area contributed by atoms with Gasteiger partial charge in [-0.3, -0.25) is 4.79 Å². The predicted molar refractivity (Wildman–Crippen MR) is 64.8 cm³/mol. The van der Waals surface area contributed by atoms with E-state index in [2.05, 4.69) is 10.6 Å². The highest BCUT2D eigenvalue weighted by atomic mass is 16.4. The van der Waals surface area contributed by atoms with Gasteiger partial charge < -0.3 is 15.7 Å². The topological polar surface area (TPSA) is 78.4 Å². The van der Waals surface area contributed by atoms with Crippen molar-refractivity contribution in [3.63, 3.8) is 0 Å². The van der Waals surface area contributed by atoms with Gasteiger partial charge in [0.05, 0.1) is 5.92 Å². The summed E-state index contributed by atoms with van der Waals surface area (Å²) in [6, 6.07) is -0.186. The van der Waals surface area contributed by atoms with E-state index < -0.39 is 11.9 Å². The molecule has 1 rings (SSSR count). The summed E-state index contributed by atoms with van der Waals surface area (Å²) in [6.45, 7) is 2.78. The summed E-state index contributed by atoms with van der Waals surface area (Å²) in [5.41, 5.74) is 0. The van der Waals surface area contributed by atoms with Crippen molar-refractivity contribution in [2.45, 2.75) is 39.0 Å². The second-order valence-electron chi connectivity index (χ2n) is 4.82. The van der Waals surface area contributed by atoms with Gasteiger partial charge in [0.1, 0.15) is 0 Å². The quantitative estimate of drug-likeness (QED) is 0.661. The van der Waals surface area contributed by atoms with Crippen molar-refractivity contribution in [1.82, 2.24) is 10.6 Å². The van der Waals surface area contributed by atoms with Crippen LogP contribution in [0.2, 0.25) is 0 Å². The summed E-state index contributed by atoms with van der Waals surface area (Å²) in [5.74, 6) is -0.609. The maximum absolute atomic E-state index is 11.4. The number of hydrogen-bond acceptors (Lipinski definition) is 2. The van der Waals surface area contributed by atoms with Crippen LogP contribution >= 0.6 is 0 Å². The normalized spacial score (nSPS) is 17.7. The lowest BCUT2D eigenvalue weighted by molar-refractivity contribution is -0.141. The van der Waals surface area contributed by atoms with Crippen molar-refractivity contribution < 1.29 is 14.7 Å². The fraction of sp³-hybridized carbons (Fsp3) is 0.833. The molecule has 5 nitrogen and oxygen atoms in total. The minimum absolute atomic E-state index is 0.186. The standard InChI is InChI=1S/C12H22N2O3/c1-9(11(15)16)6-7-13-12(17)14-8-10-4-2-3-5-10/h9-10H,2-8H2,1H3,(H,15,16)(H2,13,14,17). The summed E-state index contributed by atoms with van der Waals surface area (Å²) in [6.07, 6.45) is 5.41. The molecule has 0 aliphatic heterocycles. The SMILES string of the molecule is CC(CCNC(=O)NCC1CCCC1)C(=O)O. The molecule has 0 aromatic carbocycles. The number of nitrogens with one attached hydrogen (secondary N) is 2. The first-order valence-electron chi connectivity index (χ1n) is 6.34. The molecule has 98 valence electrons. The number of aliphatic carboxylic acids is 1. The first-order valence-corrected chi connectivity index (χ1v) is 6.34. The van der Waals surface area contributed by atoms with E-state index >= 15 is 0 Å². The lowest BCUT2D eigenvalue weighted by atomic mass is 10.1. The van der Waals surface area contributed by atoms with Crippen LogP contribution in [0.1, 0.15) is 39.0 Å². The minimum Gasteiger partial charge on any atom is -0.481 e. The maximum Gasteiger partial charge on any atom is 0.314 e. The summed E-state index contributed by atoms with van der Waals surface area (Å²) < 4.78 is 0. The molecule has 1 aliphatic rings. The highest BCUT2D eigenvalue weighted by molar-refractivity contribution is 5.74. The van der Waals surface area contributed by atoms with Crippen molar-refractivity contribution in [3.05, 3.63) is 0 Å². The Balaban J connectivity index is 2.02. The predicted octanol–water partition coefficient (Wildman–Crippen LogP) is 1.59. The molecule has 0 spiro atoms. The Bertz CT molecular complexity index is 262. The zero-order valence-corrected chi connectivity index (χ0v) is 10.4. The molecule has 1 unspecified atom stereocenters. The second-order valence-corrected chi connectivity index (χ2v) is 4.82. The fourth-order valence-corrected chi connectivity index (χ4v) is 2.04. The van der Waals surface area contributed by atoms with Crippen LogP contribution in [0.3, 0.4) is 0 Å². The largest absolute Gasteiger partial charge is 0.481 e. The molecule has 0 heterocycles. The smallest absolute Gasteiger partial charge is 0.314 e. The minimum atomic E-state index is -0.821. The van der Waals surface area contributed by atoms with Gasteiger partial charge in [-0.05, 0) is 25.2 Å². The van der Waals surface area contributed by atoms with Crippen LogP contribution in [0.25, 0.3) is 0 Å². The molecule has 0 saturated heterocycles. The molecule has 1 atom stereocenters. The third-order valence-electron chi connectivity index (χ3n) is 3.31. The van der Waals surface area contributed by atoms with E-state index in [1.165, 1.54) is 25.7 Å². The molecule has 0 aromatic heterocycles. The number of carbonyl (C=O) groups excluding carboxylic acids is 1. The van der Waals surface area contributed by atoms with Crippen LogP contribution in [0, 0.1) is 11.8 Å². The van der Waals surface area contributed by atoms with Crippen LogP contribution in [0.15, 0.2) is 0 Å². The molecule has 1 saturated carbocycles. The molecule has 0 bridgehead atoms. The van der Waals surface area contributed by atoms with Gasteiger partial charge in [0.25, 0.3) is 0 Å². The van der Waals surface area contributed by atoms with Crippen molar-refractivity contribution in [1.29, 1.82) is 0 Å². The zero-order valence-electron chi connectivity index (χ0n) is 10.4. The molecule has 2 amide bonds. The Hall–Kier alpha value is -1.26. The van der Waals surface area contributed by atoms with Crippen LogP contribution in [-0.4, -0.2) is 30.2 Å². The van der Waals surface area contributed by atoms with Gasteiger partial charge in [-0.2, -0.15) is 0 Å². The van der Waals surface area contributed by atoms with Gasteiger partial charge in [0.15, 0.2) is 0 Å². The molecule has 3 N–H and O–H groups in total. The number of carboxylic acids is 1. The van der Waals surface area contributed by atoms with E-state index in [9.17, 15) is 9.59 Å². The number of urea groups is 1. The summed E-state index contributed by atoms with van der Waals surface area (Å²) in [4.78, 5) is 21.9. The average molecular weight is 242 g/mol. The summed E-state index contributed by atoms with van der Waals surface area (Å²) in [7, 11) is 0. The van der Waals surface area contributed by atoms with Crippen molar-refractivity contribution in [2.75, 3.05) is 13.1 Å². The van der Waals surface area contributed by atoms with Crippen LogP contribution in [-0.2, 0) is 4.79 Å². The van der Waals surface area contributed by atoms with Gasteiger partial charge in [-0.15, -0.1) is 0 Å². The average Bonchev–Trinajstić information content (AvgIpc) is 2.78. The van der Waals surface area contributed by atoms with Crippen LogP contribution in [0.5, 0.6) is 0 Å². The number of amides is 2. The molecule has 0 aromatic rings. The lowest BCUT2D eigenvalue weighted by Gasteiger charge is -2.12. The van der Waals surface area contributed by atoms with E-state index in [0.29, 0.717) is 18.9 Å². The van der Waals surface area contributed by atoms with Crippen molar-refractivity contribution >= 4 is 12.0 Å². The first-order chi connectivity index (χ1) is 8.09. The van der Waals surface area contributed by atoms with Crippen molar-refractivity contribution in [3.8, 4) is 0 Å². The Kier molecular flexibility index (Phi) is 5.80. The van der Waals surface area contributed by atoms with E-state index in [1.54, 1.807) is 6.92 Å². The number of rotatable bonds is 6. The number of hydrogen-bond donors (Lipinski definition) is 3. The molecule has 1 fully saturated rings. The van der Waals surface area contributed by atoms with Gasteiger partial charge in [-0.25, -0.2) is 4.79 Å². The molecule has 1 aliphatic carbocycles. The van der Waals surface area contributed by atoms with Crippen LogP contribution < -0.4 is 10.6 Å². The first kappa shape index (κ1) is 13.8. The lowest BCUT2D eigenvalue weighted by Crippen LogP contribution is -2.38. The van der Waals surface area contributed by atoms with E-state index in [4.69, 9.17) is 5.11 Å². The summed E-state index contributed by atoms with van der Waals surface area (Å²) in [5, 5.41) is 14.2. The highest BCUT2D eigenvalue weighted by Gasteiger charge is 2.15. The third kappa shape index (κ3) is 5.56. The molecule has 0 radical (unpaired) electrons. The van der Waals surface area contributed by atoms with Crippen molar-refractivity contribution in [2.24, 2.45) is 11.8 Å². The van der Waals surface area contributed by atoms with Gasteiger partial charge in [0, 0.05) is 13.1 Å². The number of carbonyl (C=O) groups is 2. The van der Waals surface area contributed by atoms with Crippen LogP contribution in [0.4, 0.5) is 4.79 Å². The molecule has 17 heavy (non-hydrogen) atoms. The molecular weight excluding hydrogens is 220 g/mol. The Morgan fingerprint density at radius 1 is 1.29 bits per heavy atom. The Labute approximate surface area is 102 Å². The van der Waals surface area contributed by atoms with Gasteiger partial charge in [-0.1, -0.05) is 19.8 Å². The third-order valence-corrected chi connectivity index (χ3v) is 3.31. The zero-order chi connectivity index (χ0) is 12.7. The monoisotopic (exact) mass is 242 g/mol. The van der Waals surface area contributed by atoms with E-state index in [-0.39, 0.29) is 6.03 Å². The summed E-state index contributed by atoms with van der Waals surface area (Å²) >= 11 is 0. The van der Waals surface area contributed by atoms with E-state index in [1.807, 2.05) is 0 Å². The van der Waals surface area contributed by atoms with Gasteiger partial charge in [0.2, 0.25) is 0 Å². The highest BCUT2D eigenvalue weighted by Crippen LogP contribution is 2.23. The fourth-order valence-electron chi connectivity index (χ4n) is 2.04. The Morgan fingerprint density at radius 2 is 1.94 bits per heavy atom. The Morgan fingerprint density at radius 3 is 2.53 bits per heavy atom. The van der Waals surface area contributed by atoms with E-state index in [0.717, 1.165) is 6.54 Å². The molecular formula is C12H22N2O3. The maximum atomic E-state index is 11.4. The number of carboxylic acid groups (broad SMARTS) is 1.